The summed E-state index contributed by atoms with van der Waals surface area (Å²) in [4.78, 5) is 11.3. The molecule has 0 radical (unpaired) electrons. The third kappa shape index (κ3) is 3.30. The van der Waals surface area contributed by atoms with Gasteiger partial charge in [-0.15, -0.1) is 0 Å². The second-order valence-corrected chi connectivity index (χ2v) is 7.36. The molecular formula is C13H23N5S. The van der Waals surface area contributed by atoms with Gasteiger partial charge in [-0.3, -0.25) is 0 Å². The van der Waals surface area contributed by atoms with Crippen LogP contribution in [-0.2, 0) is 0 Å². The van der Waals surface area contributed by atoms with Crippen molar-refractivity contribution < 1.29 is 0 Å². The average molecular weight is 281 g/mol. The van der Waals surface area contributed by atoms with Crippen molar-refractivity contribution in [2.75, 3.05) is 29.2 Å². The van der Waals surface area contributed by atoms with Crippen LogP contribution >= 0.6 is 11.8 Å². The maximum atomic E-state index is 5.53. The molecule has 3 N–H and O–H groups in total. The minimum Gasteiger partial charge on any atom is -0.355 e. The van der Waals surface area contributed by atoms with Crippen molar-refractivity contribution in [2.24, 2.45) is 5.84 Å². The highest BCUT2D eigenvalue weighted by molar-refractivity contribution is 8.00. The van der Waals surface area contributed by atoms with E-state index < -0.39 is 0 Å². The van der Waals surface area contributed by atoms with Crippen LogP contribution in [0.3, 0.4) is 0 Å². The van der Waals surface area contributed by atoms with E-state index in [2.05, 4.69) is 34.1 Å². The lowest BCUT2D eigenvalue weighted by Gasteiger charge is -2.25. The molecule has 5 nitrogen and oxygen atoms in total. The molecule has 0 amide bonds. The topological polar surface area (TPSA) is 67.1 Å². The number of anilines is 2. The predicted molar refractivity (Wildman–Crippen MR) is 82.7 cm³/mol. The molecule has 0 bridgehead atoms. The third-order valence-corrected chi connectivity index (χ3v) is 4.88. The van der Waals surface area contributed by atoms with Crippen molar-refractivity contribution in [1.29, 1.82) is 0 Å². The first kappa shape index (κ1) is 14.4. The highest BCUT2D eigenvalue weighted by Crippen LogP contribution is 2.33. The van der Waals surface area contributed by atoms with Crippen LogP contribution in [0.4, 0.5) is 11.6 Å². The number of nitrogens with zero attached hydrogens (tertiary/aromatic N) is 3. The molecule has 2 heterocycles. The highest BCUT2D eigenvalue weighted by Gasteiger charge is 2.25. The van der Waals surface area contributed by atoms with Crippen LogP contribution in [0.2, 0.25) is 0 Å². The van der Waals surface area contributed by atoms with E-state index in [1.807, 2.05) is 25.6 Å². The van der Waals surface area contributed by atoms with E-state index in [4.69, 9.17) is 5.84 Å². The minimum atomic E-state index is 0.347. The lowest BCUT2D eigenvalue weighted by molar-refractivity contribution is 0.633. The summed E-state index contributed by atoms with van der Waals surface area (Å²) in [5.74, 6) is 9.14. The van der Waals surface area contributed by atoms with Gasteiger partial charge in [-0.05, 0) is 20.3 Å². The number of nitrogen functional groups attached to an aromatic ring is 1. The van der Waals surface area contributed by atoms with Gasteiger partial charge in [0.2, 0.25) is 0 Å². The Bertz CT molecular complexity index is 461. The number of hydrogen-bond acceptors (Lipinski definition) is 6. The second kappa shape index (κ2) is 5.54. The summed E-state index contributed by atoms with van der Waals surface area (Å²) < 4.78 is 0.347. The van der Waals surface area contributed by atoms with Gasteiger partial charge < -0.3 is 10.3 Å². The average Bonchev–Trinajstić information content (AvgIpc) is 2.53. The van der Waals surface area contributed by atoms with Crippen LogP contribution < -0.4 is 16.2 Å². The van der Waals surface area contributed by atoms with Crippen LogP contribution in [0, 0.1) is 13.8 Å². The second-order valence-electron chi connectivity index (χ2n) is 5.56. The molecule has 1 aliphatic rings. The normalized spacial score (nSPS) is 19.1. The molecule has 0 aromatic carbocycles. The molecule has 1 fully saturated rings. The summed E-state index contributed by atoms with van der Waals surface area (Å²) in [5, 5.41) is 0. The molecule has 19 heavy (non-hydrogen) atoms. The summed E-state index contributed by atoms with van der Waals surface area (Å²) in [6.07, 6.45) is 1.16. The maximum absolute atomic E-state index is 5.53. The molecule has 1 saturated heterocycles. The summed E-state index contributed by atoms with van der Waals surface area (Å²) in [5.41, 5.74) is 3.69. The fraction of sp³-hybridized carbons (Fsp3) is 0.692. The predicted octanol–water partition coefficient (Wildman–Crippen LogP) is 2.10. The van der Waals surface area contributed by atoms with E-state index in [1.54, 1.807) is 0 Å². The van der Waals surface area contributed by atoms with Gasteiger partial charge >= 0.3 is 0 Å². The van der Waals surface area contributed by atoms with Crippen LogP contribution in [-0.4, -0.2) is 33.6 Å². The number of hydrogen-bond donors (Lipinski definition) is 2. The summed E-state index contributed by atoms with van der Waals surface area (Å²) in [6, 6.07) is 0. The summed E-state index contributed by atoms with van der Waals surface area (Å²) in [6.45, 7) is 10.6. The largest absolute Gasteiger partial charge is 0.355 e. The molecule has 6 heteroatoms. The zero-order chi connectivity index (χ0) is 14.0. The standard InChI is InChI=1S/C13H23N5S/c1-9-11(17-14)15-10(2)16-12(9)18-6-5-13(3,4)19-8-7-18/h5-8,14H2,1-4H3,(H,15,16,17). The van der Waals surface area contributed by atoms with Gasteiger partial charge in [-0.1, -0.05) is 13.8 Å². The molecule has 106 valence electrons. The van der Waals surface area contributed by atoms with E-state index in [9.17, 15) is 0 Å². The number of hydrazine groups is 1. The van der Waals surface area contributed by atoms with Crippen LogP contribution in [0.15, 0.2) is 0 Å². The Kier molecular flexibility index (Phi) is 4.20. The summed E-state index contributed by atoms with van der Waals surface area (Å²) in [7, 11) is 0. The molecule has 0 spiro atoms. The van der Waals surface area contributed by atoms with Crippen molar-refractivity contribution in [3.8, 4) is 0 Å². The monoisotopic (exact) mass is 281 g/mol. The van der Waals surface area contributed by atoms with Crippen LogP contribution in [0.25, 0.3) is 0 Å². The Morgan fingerprint density at radius 3 is 2.68 bits per heavy atom. The van der Waals surface area contributed by atoms with Crippen molar-refractivity contribution >= 4 is 23.4 Å². The molecule has 1 aliphatic heterocycles. The van der Waals surface area contributed by atoms with E-state index in [-0.39, 0.29) is 0 Å². The number of aromatic nitrogens is 2. The van der Waals surface area contributed by atoms with Gasteiger partial charge in [-0.25, -0.2) is 15.8 Å². The van der Waals surface area contributed by atoms with Crippen molar-refractivity contribution in [3.05, 3.63) is 11.4 Å². The molecule has 0 atom stereocenters. The smallest absolute Gasteiger partial charge is 0.148 e. The van der Waals surface area contributed by atoms with Crippen LogP contribution in [0.1, 0.15) is 31.7 Å². The zero-order valence-electron chi connectivity index (χ0n) is 12.2. The van der Waals surface area contributed by atoms with Gasteiger partial charge in [-0.2, -0.15) is 11.8 Å². The fourth-order valence-corrected chi connectivity index (χ4v) is 3.39. The molecule has 1 aromatic rings. The van der Waals surface area contributed by atoms with Gasteiger partial charge in [0.15, 0.2) is 0 Å². The molecule has 1 aromatic heterocycles. The van der Waals surface area contributed by atoms with Crippen LogP contribution in [0.5, 0.6) is 0 Å². The van der Waals surface area contributed by atoms with Gasteiger partial charge in [0.05, 0.1) is 0 Å². The molecule has 0 unspecified atom stereocenters. The Labute approximate surface area is 119 Å². The van der Waals surface area contributed by atoms with E-state index in [0.29, 0.717) is 4.75 Å². The number of nitrogens with two attached hydrogens (primary N) is 1. The van der Waals surface area contributed by atoms with Gasteiger partial charge in [0.25, 0.3) is 0 Å². The lowest BCUT2D eigenvalue weighted by atomic mass is 10.1. The number of aryl methyl sites for hydroxylation is 1. The molecule has 0 saturated carbocycles. The molecule has 0 aliphatic carbocycles. The van der Waals surface area contributed by atoms with Crippen molar-refractivity contribution in [1.82, 2.24) is 9.97 Å². The minimum absolute atomic E-state index is 0.347. The first-order valence-electron chi connectivity index (χ1n) is 6.64. The Balaban J connectivity index is 2.29. The van der Waals surface area contributed by atoms with E-state index in [0.717, 1.165) is 48.3 Å². The Morgan fingerprint density at radius 2 is 2.00 bits per heavy atom. The molecule has 2 rings (SSSR count). The first-order valence-corrected chi connectivity index (χ1v) is 7.62. The lowest BCUT2D eigenvalue weighted by Crippen LogP contribution is -2.29. The maximum Gasteiger partial charge on any atom is 0.148 e. The first-order chi connectivity index (χ1) is 8.93. The summed E-state index contributed by atoms with van der Waals surface area (Å²) >= 11 is 2.03. The van der Waals surface area contributed by atoms with Gasteiger partial charge in [0.1, 0.15) is 17.5 Å². The third-order valence-electron chi connectivity index (χ3n) is 3.51. The number of nitrogens with one attached hydrogen (secondary N) is 1. The Morgan fingerprint density at radius 1 is 1.26 bits per heavy atom. The highest BCUT2D eigenvalue weighted by atomic mass is 32.2. The molecular weight excluding hydrogens is 258 g/mol. The van der Waals surface area contributed by atoms with E-state index >= 15 is 0 Å². The van der Waals surface area contributed by atoms with E-state index in [1.165, 1.54) is 0 Å². The van der Waals surface area contributed by atoms with Gasteiger partial charge in [0, 0.05) is 29.2 Å². The number of rotatable bonds is 2. The zero-order valence-corrected chi connectivity index (χ0v) is 13.0. The van der Waals surface area contributed by atoms with Crippen molar-refractivity contribution in [3.63, 3.8) is 0 Å². The number of thioether (sulfide) groups is 1. The Hall–Kier alpha value is -1.01. The SMILES string of the molecule is Cc1nc(NN)c(C)c(N2CCSC(C)(C)CC2)n1. The fourth-order valence-electron chi connectivity index (χ4n) is 2.29. The van der Waals surface area contributed by atoms with Crippen molar-refractivity contribution in [2.45, 2.75) is 38.9 Å². The quantitative estimate of drug-likeness (QED) is 0.639.